The number of benzene rings is 2. The van der Waals surface area contributed by atoms with E-state index in [1.165, 1.54) is 12.1 Å². The third-order valence-corrected chi connectivity index (χ3v) is 5.82. The van der Waals surface area contributed by atoms with E-state index in [4.69, 9.17) is 20.2 Å². The molecule has 0 amide bonds. The zero-order valence-corrected chi connectivity index (χ0v) is 17.6. The molecule has 170 valence electrons. The first-order chi connectivity index (χ1) is 16.0. The van der Waals surface area contributed by atoms with Crippen molar-refractivity contribution in [2.24, 2.45) is 0 Å². The molecule has 1 saturated heterocycles. The molecule has 33 heavy (non-hydrogen) atoms. The SMILES string of the molecule is Nc1nccn2c([C@H]3CC[C@H](CO)OC3)nc(-c3ccc(Oc4cccc(F)c4F)cc3)c12. The van der Waals surface area contributed by atoms with Crippen molar-refractivity contribution in [3.05, 3.63) is 72.3 Å². The Bertz CT molecular complexity index is 1290. The third kappa shape index (κ3) is 4.01. The first kappa shape index (κ1) is 21.3. The van der Waals surface area contributed by atoms with Crippen LogP contribution in [-0.2, 0) is 4.74 Å². The molecule has 2 aromatic carbocycles. The largest absolute Gasteiger partial charge is 0.454 e. The van der Waals surface area contributed by atoms with Gasteiger partial charge in [-0.25, -0.2) is 14.4 Å². The lowest BCUT2D eigenvalue weighted by Gasteiger charge is -2.27. The second kappa shape index (κ2) is 8.76. The molecule has 3 heterocycles. The summed E-state index contributed by atoms with van der Waals surface area (Å²) in [6.45, 7) is 0.461. The average molecular weight is 452 g/mol. The number of nitrogens with two attached hydrogens (primary N) is 1. The highest BCUT2D eigenvalue weighted by molar-refractivity contribution is 5.85. The van der Waals surface area contributed by atoms with Crippen molar-refractivity contribution in [3.8, 4) is 22.8 Å². The molecule has 5 rings (SSSR count). The summed E-state index contributed by atoms with van der Waals surface area (Å²) in [5, 5.41) is 9.33. The highest BCUT2D eigenvalue weighted by Gasteiger charge is 2.27. The van der Waals surface area contributed by atoms with Gasteiger partial charge in [-0.1, -0.05) is 6.07 Å². The Morgan fingerprint density at radius 3 is 2.70 bits per heavy atom. The number of imidazole rings is 1. The van der Waals surface area contributed by atoms with Crippen LogP contribution in [0.5, 0.6) is 11.5 Å². The second-order valence-corrected chi connectivity index (χ2v) is 7.94. The van der Waals surface area contributed by atoms with Crippen molar-refractivity contribution in [3.63, 3.8) is 0 Å². The fraction of sp³-hybridized carbons (Fsp3) is 0.250. The smallest absolute Gasteiger partial charge is 0.201 e. The van der Waals surface area contributed by atoms with Gasteiger partial charge in [-0.15, -0.1) is 0 Å². The van der Waals surface area contributed by atoms with Gasteiger partial charge in [-0.3, -0.25) is 4.40 Å². The Morgan fingerprint density at radius 1 is 1.15 bits per heavy atom. The van der Waals surface area contributed by atoms with Gasteiger partial charge in [0.2, 0.25) is 5.82 Å². The summed E-state index contributed by atoms with van der Waals surface area (Å²) in [5.74, 6) is -0.636. The summed E-state index contributed by atoms with van der Waals surface area (Å²) in [6.07, 6.45) is 4.88. The summed E-state index contributed by atoms with van der Waals surface area (Å²) in [7, 11) is 0. The standard InChI is InChI=1S/C24H22F2N4O3/c25-18-2-1-3-19(20(18)26)33-16-7-4-14(5-8-16)21-22-23(27)28-10-11-30(22)24(29-21)15-6-9-17(12-31)32-13-15/h1-5,7-8,10-11,15,17,31H,6,9,12-13H2,(H2,27,28)/t15-,17+/m0/s1. The lowest BCUT2D eigenvalue weighted by molar-refractivity contribution is -0.0282. The predicted octanol–water partition coefficient (Wildman–Crippen LogP) is 4.30. The molecule has 0 saturated carbocycles. The van der Waals surface area contributed by atoms with Crippen LogP contribution in [0.25, 0.3) is 16.8 Å². The monoisotopic (exact) mass is 452 g/mol. The quantitative estimate of drug-likeness (QED) is 0.469. The summed E-state index contributed by atoms with van der Waals surface area (Å²) >= 11 is 0. The molecular weight excluding hydrogens is 430 g/mol. The van der Waals surface area contributed by atoms with Crippen LogP contribution in [0.1, 0.15) is 24.6 Å². The summed E-state index contributed by atoms with van der Waals surface area (Å²) in [6, 6.07) is 10.7. The summed E-state index contributed by atoms with van der Waals surface area (Å²) in [4.78, 5) is 9.10. The van der Waals surface area contributed by atoms with Crippen LogP contribution in [0.2, 0.25) is 0 Å². The van der Waals surface area contributed by atoms with Crippen LogP contribution in [0.3, 0.4) is 0 Å². The minimum Gasteiger partial charge on any atom is -0.454 e. The van der Waals surface area contributed by atoms with E-state index >= 15 is 0 Å². The molecule has 0 radical (unpaired) electrons. The Kier molecular flexibility index (Phi) is 5.65. The molecule has 0 unspecified atom stereocenters. The van der Waals surface area contributed by atoms with Crippen LogP contribution >= 0.6 is 0 Å². The van der Waals surface area contributed by atoms with Crippen molar-refractivity contribution in [2.75, 3.05) is 18.9 Å². The summed E-state index contributed by atoms with van der Waals surface area (Å²) < 4.78 is 40.5. The Balaban J connectivity index is 1.48. The third-order valence-electron chi connectivity index (χ3n) is 5.82. The Labute approximate surface area is 188 Å². The van der Waals surface area contributed by atoms with Gasteiger partial charge >= 0.3 is 0 Å². The van der Waals surface area contributed by atoms with Crippen molar-refractivity contribution in [1.29, 1.82) is 0 Å². The van der Waals surface area contributed by atoms with E-state index in [0.717, 1.165) is 30.3 Å². The van der Waals surface area contributed by atoms with E-state index in [0.29, 0.717) is 29.4 Å². The number of hydrogen-bond acceptors (Lipinski definition) is 6. The first-order valence-electron chi connectivity index (χ1n) is 10.6. The number of nitrogens with zero attached hydrogens (tertiary/aromatic N) is 3. The minimum atomic E-state index is -1.04. The molecule has 0 aliphatic carbocycles. The normalized spacial score (nSPS) is 18.5. The highest BCUT2D eigenvalue weighted by atomic mass is 19.2. The average Bonchev–Trinajstić information content (AvgIpc) is 3.24. The maximum absolute atomic E-state index is 13.9. The molecule has 4 aromatic rings. The zero-order valence-electron chi connectivity index (χ0n) is 17.6. The van der Waals surface area contributed by atoms with Crippen LogP contribution in [0, 0.1) is 11.6 Å². The van der Waals surface area contributed by atoms with Crippen molar-refractivity contribution in [1.82, 2.24) is 14.4 Å². The number of anilines is 1. The van der Waals surface area contributed by atoms with E-state index in [-0.39, 0.29) is 24.4 Å². The Morgan fingerprint density at radius 2 is 1.97 bits per heavy atom. The van der Waals surface area contributed by atoms with Crippen LogP contribution in [0.4, 0.5) is 14.6 Å². The fourth-order valence-electron chi connectivity index (χ4n) is 4.10. The molecular formula is C24H22F2N4O3. The maximum atomic E-state index is 13.9. The Hall–Kier alpha value is -3.56. The van der Waals surface area contributed by atoms with Gasteiger partial charge < -0.3 is 20.3 Å². The fourth-order valence-corrected chi connectivity index (χ4v) is 4.10. The molecule has 1 fully saturated rings. The number of nitrogen functional groups attached to an aromatic ring is 1. The van der Waals surface area contributed by atoms with Gasteiger partial charge in [-0.05, 0) is 49.2 Å². The topological polar surface area (TPSA) is 94.9 Å². The van der Waals surface area contributed by atoms with Crippen LogP contribution in [-0.4, -0.2) is 38.8 Å². The van der Waals surface area contributed by atoms with Gasteiger partial charge in [0.15, 0.2) is 11.6 Å². The van der Waals surface area contributed by atoms with E-state index < -0.39 is 11.6 Å². The number of halogens is 2. The molecule has 9 heteroatoms. The van der Waals surface area contributed by atoms with E-state index in [2.05, 4.69) is 4.98 Å². The van der Waals surface area contributed by atoms with Gasteiger partial charge in [0.1, 0.15) is 28.6 Å². The second-order valence-electron chi connectivity index (χ2n) is 7.94. The van der Waals surface area contributed by atoms with E-state index in [9.17, 15) is 13.9 Å². The van der Waals surface area contributed by atoms with Crippen LogP contribution < -0.4 is 10.5 Å². The minimum absolute atomic E-state index is 0.00507. The zero-order chi connectivity index (χ0) is 22.9. The lowest BCUT2D eigenvalue weighted by Crippen LogP contribution is -2.28. The number of hydrogen-bond donors (Lipinski definition) is 2. The molecule has 2 atom stereocenters. The van der Waals surface area contributed by atoms with Gasteiger partial charge in [-0.2, -0.15) is 4.39 Å². The lowest BCUT2D eigenvalue weighted by atomic mass is 9.98. The molecule has 7 nitrogen and oxygen atoms in total. The predicted molar refractivity (Wildman–Crippen MR) is 118 cm³/mol. The molecule has 1 aliphatic rings. The number of fused-ring (bicyclic) bond motifs is 1. The number of rotatable bonds is 5. The van der Waals surface area contributed by atoms with Gasteiger partial charge in [0.05, 0.1) is 19.3 Å². The molecule has 3 N–H and O–H groups in total. The molecule has 2 aromatic heterocycles. The molecule has 0 spiro atoms. The summed E-state index contributed by atoms with van der Waals surface area (Å²) in [5.41, 5.74) is 8.32. The van der Waals surface area contributed by atoms with Crippen molar-refractivity contribution in [2.45, 2.75) is 24.9 Å². The first-order valence-corrected chi connectivity index (χ1v) is 10.6. The molecule has 1 aliphatic heterocycles. The number of aliphatic hydroxyl groups excluding tert-OH is 1. The molecule has 0 bridgehead atoms. The maximum Gasteiger partial charge on any atom is 0.201 e. The van der Waals surface area contributed by atoms with Crippen LogP contribution in [0.15, 0.2) is 54.9 Å². The van der Waals surface area contributed by atoms with Gasteiger partial charge in [0.25, 0.3) is 0 Å². The van der Waals surface area contributed by atoms with Crippen molar-refractivity contribution < 1.29 is 23.4 Å². The van der Waals surface area contributed by atoms with E-state index in [1.807, 2.05) is 10.6 Å². The van der Waals surface area contributed by atoms with Gasteiger partial charge in [0, 0.05) is 23.9 Å². The van der Waals surface area contributed by atoms with Crippen molar-refractivity contribution >= 4 is 11.3 Å². The highest BCUT2D eigenvalue weighted by Crippen LogP contribution is 2.35. The number of aromatic nitrogens is 3. The van der Waals surface area contributed by atoms with E-state index in [1.54, 1.807) is 30.5 Å². The number of aliphatic hydroxyl groups is 1. The number of ether oxygens (including phenoxy) is 2.